The van der Waals surface area contributed by atoms with E-state index in [1.165, 1.54) is 0 Å². The van der Waals surface area contributed by atoms with Crippen molar-refractivity contribution in [2.24, 2.45) is 11.8 Å². The zero-order valence-electron chi connectivity index (χ0n) is 21.2. The summed E-state index contributed by atoms with van der Waals surface area (Å²) in [6.45, 7) is 5.77. The number of imidazole rings is 1. The molecule has 3 amide bonds. The first-order chi connectivity index (χ1) is 17.4. The Morgan fingerprint density at radius 3 is 2.78 bits per heavy atom. The maximum absolute atomic E-state index is 13.0. The monoisotopic (exact) mass is 495 g/mol. The van der Waals surface area contributed by atoms with Crippen LogP contribution in [0.3, 0.4) is 0 Å². The van der Waals surface area contributed by atoms with Crippen LogP contribution in [0, 0.1) is 11.8 Å². The lowest BCUT2D eigenvalue weighted by atomic mass is 9.84. The molecule has 0 spiro atoms. The van der Waals surface area contributed by atoms with Crippen LogP contribution in [0.25, 0.3) is 11.4 Å². The summed E-state index contributed by atoms with van der Waals surface area (Å²) in [6.07, 6.45) is 7.52. The van der Waals surface area contributed by atoms with E-state index in [1.807, 2.05) is 48.9 Å². The molecule has 194 valence electrons. The molecule has 9 heteroatoms. The van der Waals surface area contributed by atoms with Crippen LogP contribution in [0.15, 0.2) is 36.7 Å². The van der Waals surface area contributed by atoms with Crippen LogP contribution in [0.1, 0.15) is 46.0 Å². The Morgan fingerprint density at radius 1 is 1.19 bits per heavy atom. The largest absolute Gasteiger partial charge is 0.494 e. The van der Waals surface area contributed by atoms with Crippen LogP contribution in [0.5, 0.6) is 5.75 Å². The SMILES string of the molecule is CC(C)C[C@H]1NC(=O)CN(C(=O)C2CCC2)CCCOc2cccc(c2)-c2nccn2CCNC1=O. The highest BCUT2D eigenvalue weighted by Crippen LogP contribution is 2.28. The van der Waals surface area contributed by atoms with Gasteiger partial charge in [-0.1, -0.05) is 32.4 Å². The van der Waals surface area contributed by atoms with Crippen LogP contribution in [-0.4, -0.2) is 64.5 Å². The van der Waals surface area contributed by atoms with Gasteiger partial charge in [0.05, 0.1) is 13.2 Å². The average Bonchev–Trinajstić information content (AvgIpc) is 3.27. The third kappa shape index (κ3) is 6.65. The fraction of sp³-hybridized carbons (Fsp3) is 0.556. The second kappa shape index (κ2) is 12.1. The molecule has 1 atom stereocenters. The molecule has 1 aromatic heterocycles. The van der Waals surface area contributed by atoms with E-state index in [2.05, 4.69) is 15.6 Å². The van der Waals surface area contributed by atoms with Crippen molar-refractivity contribution in [3.63, 3.8) is 0 Å². The van der Waals surface area contributed by atoms with Crippen molar-refractivity contribution >= 4 is 17.7 Å². The number of carbonyl (C=O) groups is 3. The van der Waals surface area contributed by atoms with Crippen molar-refractivity contribution in [1.82, 2.24) is 25.1 Å². The van der Waals surface area contributed by atoms with Crippen LogP contribution in [0.2, 0.25) is 0 Å². The molecule has 1 aromatic carbocycles. The normalized spacial score (nSPS) is 20.3. The number of aromatic nitrogens is 2. The number of fused-ring (bicyclic) bond motifs is 4. The third-order valence-electron chi connectivity index (χ3n) is 6.76. The maximum atomic E-state index is 13.0. The summed E-state index contributed by atoms with van der Waals surface area (Å²) in [5.74, 6) is 1.22. The Hall–Kier alpha value is -3.36. The van der Waals surface area contributed by atoms with E-state index in [0.29, 0.717) is 39.1 Å². The Kier molecular flexibility index (Phi) is 8.61. The van der Waals surface area contributed by atoms with Gasteiger partial charge in [-0.05, 0) is 43.7 Å². The number of amides is 3. The molecular weight excluding hydrogens is 458 g/mol. The summed E-state index contributed by atoms with van der Waals surface area (Å²) in [4.78, 5) is 45.1. The van der Waals surface area contributed by atoms with Gasteiger partial charge in [-0.25, -0.2) is 4.98 Å². The fourth-order valence-corrected chi connectivity index (χ4v) is 4.64. The van der Waals surface area contributed by atoms with Gasteiger partial charge in [0.1, 0.15) is 17.6 Å². The molecule has 1 saturated carbocycles. The smallest absolute Gasteiger partial charge is 0.242 e. The minimum absolute atomic E-state index is 0.00763. The lowest BCUT2D eigenvalue weighted by molar-refractivity contribution is -0.142. The zero-order chi connectivity index (χ0) is 25.5. The van der Waals surface area contributed by atoms with Gasteiger partial charge < -0.3 is 24.8 Å². The van der Waals surface area contributed by atoms with Gasteiger partial charge in [0.2, 0.25) is 17.7 Å². The highest BCUT2D eigenvalue weighted by atomic mass is 16.5. The molecule has 2 bridgehead atoms. The number of benzene rings is 1. The Morgan fingerprint density at radius 2 is 2.03 bits per heavy atom. The lowest BCUT2D eigenvalue weighted by Crippen LogP contribution is -2.52. The minimum atomic E-state index is -0.653. The molecule has 1 aliphatic heterocycles. The van der Waals surface area contributed by atoms with Crippen molar-refractivity contribution in [2.75, 3.05) is 26.2 Å². The molecule has 1 fully saturated rings. The standard InChI is InChI=1S/C27H37N5O4/c1-19(2)16-23-26(34)29-11-14-31-13-10-28-25(31)21-8-4-9-22(17-21)36-15-5-12-32(18-24(33)30-23)27(35)20-6-3-7-20/h4,8-10,13,17,19-20,23H,3,5-7,11-12,14-16,18H2,1-2H3,(H,29,34)(H,30,33)/t23-/m1/s1. The average molecular weight is 496 g/mol. The molecular formula is C27H37N5O4. The van der Waals surface area contributed by atoms with Crippen LogP contribution >= 0.6 is 0 Å². The maximum Gasteiger partial charge on any atom is 0.242 e. The van der Waals surface area contributed by atoms with Crippen molar-refractivity contribution in [2.45, 2.75) is 58.5 Å². The molecule has 0 radical (unpaired) electrons. The Bertz CT molecular complexity index is 1060. The van der Waals surface area contributed by atoms with Crippen molar-refractivity contribution in [3.8, 4) is 17.1 Å². The predicted molar refractivity (Wildman–Crippen MR) is 136 cm³/mol. The molecule has 2 aromatic rings. The molecule has 2 N–H and O–H groups in total. The Balaban J connectivity index is 1.55. The fourth-order valence-electron chi connectivity index (χ4n) is 4.64. The van der Waals surface area contributed by atoms with Gasteiger partial charge in [-0.2, -0.15) is 0 Å². The Labute approximate surface area is 212 Å². The molecule has 0 unspecified atom stereocenters. The van der Waals surface area contributed by atoms with E-state index < -0.39 is 6.04 Å². The van der Waals surface area contributed by atoms with Gasteiger partial charge in [-0.15, -0.1) is 0 Å². The van der Waals surface area contributed by atoms with E-state index in [9.17, 15) is 14.4 Å². The number of hydrogen-bond donors (Lipinski definition) is 2. The summed E-state index contributed by atoms with van der Waals surface area (Å²) < 4.78 is 7.97. The molecule has 2 aliphatic rings. The van der Waals surface area contributed by atoms with E-state index in [0.717, 1.165) is 36.4 Å². The topological polar surface area (TPSA) is 106 Å². The second-order valence-corrected chi connectivity index (χ2v) is 10.1. The number of nitrogens with one attached hydrogen (secondary N) is 2. The number of carbonyl (C=O) groups excluding carboxylic acids is 3. The zero-order valence-corrected chi connectivity index (χ0v) is 21.2. The van der Waals surface area contributed by atoms with Crippen molar-refractivity contribution in [3.05, 3.63) is 36.7 Å². The molecule has 0 saturated heterocycles. The van der Waals surface area contributed by atoms with Gasteiger partial charge in [0.25, 0.3) is 0 Å². The first-order valence-corrected chi connectivity index (χ1v) is 13.0. The number of hydrogen-bond acceptors (Lipinski definition) is 5. The summed E-state index contributed by atoms with van der Waals surface area (Å²) >= 11 is 0. The molecule has 9 nitrogen and oxygen atoms in total. The molecule has 1 aliphatic carbocycles. The third-order valence-corrected chi connectivity index (χ3v) is 6.76. The number of rotatable bonds is 3. The molecule has 4 rings (SSSR count). The van der Waals surface area contributed by atoms with Gasteiger partial charge in [-0.3, -0.25) is 14.4 Å². The van der Waals surface area contributed by atoms with Crippen LogP contribution < -0.4 is 15.4 Å². The minimum Gasteiger partial charge on any atom is -0.494 e. The molecule has 36 heavy (non-hydrogen) atoms. The van der Waals surface area contributed by atoms with E-state index in [1.54, 1.807) is 11.1 Å². The van der Waals surface area contributed by atoms with Crippen LogP contribution in [0.4, 0.5) is 0 Å². The van der Waals surface area contributed by atoms with Crippen molar-refractivity contribution < 1.29 is 19.1 Å². The van der Waals surface area contributed by atoms with E-state index in [-0.39, 0.29) is 36.1 Å². The number of nitrogens with zero attached hydrogens (tertiary/aromatic N) is 3. The van der Waals surface area contributed by atoms with Crippen molar-refractivity contribution in [1.29, 1.82) is 0 Å². The van der Waals surface area contributed by atoms with Gasteiger partial charge in [0, 0.05) is 43.5 Å². The van der Waals surface area contributed by atoms with E-state index in [4.69, 9.17) is 4.74 Å². The van der Waals surface area contributed by atoms with Gasteiger partial charge in [0.15, 0.2) is 0 Å². The highest BCUT2D eigenvalue weighted by Gasteiger charge is 2.31. The number of ether oxygens (including phenoxy) is 1. The quantitative estimate of drug-likeness (QED) is 0.681. The summed E-state index contributed by atoms with van der Waals surface area (Å²) in [5, 5.41) is 5.85. The van der Waals surface area contributed by atoms with Gasteiger partial charge >= 0.3 is 0 Å². The predicted octanol–water partition coefficient (Wildman–Crippen LogP) is 2.61. The second-order valence-electron chi connectivity index (χ2n) is 10.1. The summed E-state index contributed by atoms with van der Waals surface area (Å²) in [6, 6.07) is 7.10. The molecule has 2 heterocycles. The summed E-state index contributed by atoms with van der Waals surface area (Å²) in [5.41, 5.74) is 0.927. The summed E-state index contributed by atoms with van der Waals surface area (Å²) in [7, 11) is 0. The first kappa shape index (κ1) is 25.7. The van der Waals surface area contributed by atoms with E-state index >= 15 is 0 Å². The van der Waals surface area contributed by atoms with Crippen LogP contribution in [-0.2, 0) is 20.9 Å². The lowest BCUT2D eigenvalue weighted by Gasteiger charge is -2.32. The first-order valence-electron chi connectivity index (χ1n) is 13.0. The highest BCUT2D eigenvalue weighted by molar-refractivity contribution is 5.90.